The molecule has 0 bridgehead atoms. The number of carbonyl (C=O) groups excluding carboxylic acids is 2. The third kappa shape index (κ3) is 9.67. The van der Waals surface area contributed by atoms with Crippen LogP contribution in [-0.4, -0.2) is 43.8 Å². The highest BCUT2D eigenvalue weighted by molar-refractivity contribution is 14.1. The predicted octanol–water partition coefficient (Wildman–Crippen LogP) is 2.83. The maximum absolute atomic E-state index is 12.2. The highest BCUT2D eigenvalue weighted by atomic mass is 127. The third-order valence-corrected chi connectivity index (χ3v) is 7.29. The number of halogens is 3. The van der Waals surface area contributed by atoms with E-state index < -0.39 is 21.8 Å². The van der Waals surface area contributed by atoms with Crippen molar-refractivity contribution in [3.05, 3.63) is 28.4 Å². The van der Waals surface area contributed by atoms with Crippen LogP contribution in [0.3, 0.4) is 0 Å². The molecular formula is C14H16I3NO6S. The summed E-state index contributed by atoms with van der Waals surface area (Å²) in [5.41, 5.74) is 0.626. The molecule has 11 heteroatoms. The summed E-state index contributed by atoms with van der Waals surface area (Å²) in [5, 5.41) is 2.82. The van der Waals surface area contributed by atoms with Crippen molar-refractivity contribution in [3.63, 3.8) is 0 Å². The third-order valence-electron chi connectivity index (χ3n) is 2.94. The molecule has 25 heavy (non-hydrogen) atoms. The molecule has 0 aliphatic rings. The minimum absolute atomic E-state index is 0.125. The molecule has 0 aromatic heterocycles. The van der Waals surface area contributed by atoms with E-state index in [0.29, 0.717) is 24.9 Å². The molecule has 0 saturated heterocycles. The predicted molar refractivity (Wildman–Crippen MR) is 118 cm³/mol. The highest BCUT2D eigenvalue weighted by Gasteiger charge is 2.13. The molecule has 0 heterocycles. The number of amides is 1. The minimum Gasteiger partial charge on any atom is -0.464 e. The van der Waals surface area contributed by atoms with E-state index in [1.807, 2.05) is 12.1 Å². The van der Waals surface area contributed by atoms with Gasteiger partial charge in [-0.05, 0) is 92.7 Å². The Balaban J connectivity index is 2.28. The average Bonchev–Trinajstić information content (AvgIpc) is 2.49. The topological polar surface area (TPSA) is 110 Å². The van der Waals surface area contributed by atoms with E-state index >= 15 is 0 Å². The zero-order valence-corrected chi connectivity index (χ0v) is 20.2. The molecule has 0 aliphatic carbocycles. The number of rotatable bonds is 9. The fraction of sp³-hybridized carbons (Fsp3) is 0.429. The van der Waals surface area contributed by atoms with Crippen LogP contribution in [-0.2, 0) is 19.6 Å². The van der Waals surface area contributed by atoms with Crippen LogP contribution in [0, 0.1) is 10.7 Å². The van der Waals surface area contributed by atoms with Gasteiger partial charge in [0, 0.05) is 23.7 Å². The second-order valence-corrected chi connectivity index (χ2v) is 10.0. The van der Waals surface area contributed by atoms with Crippen LogP contribution in [0.15, 0.2) is 12.1 Å². The maximum Gasteiger partial charge on any atom is 0.305 e. The van der Waals surface area contributed by atoms with Crippen molar-refractivity contribution in [2.75, 3.05) is 18.9 Å². The Morgan fingerprint density at radius 2 is 1.84 bits per heavy atom. The lowest BCUT2D eigenvalue weighted by molar-refractivity contribution is -0.143. The zero-order valence-electron chi connectivity index (χ0n) is 12.9. The van der Waals surface area contributed by atoms with Gasteiger partial charge in [-0.1, -0.05) is 0 Å². The first-order chi connectivity index (χ1) is 11.6. The molecule has 7 nitrogen and oxygen atoms in total. The molecular weight excluding hydrogens is 691 g/mol. The van der Waals surface area contributed by atoms with Gasteiger partial charge in [0.25, 0.3) is 16.0 Å². The fourth-order valence-corrected chi connectivity index (χ4v) is 4.44. The van der Waals surface area contributed by atoms with Crippen molar-refractivity contribution in [1.29, 1.82) is 0 Å². The van der Waals surface area contributed by atoms with Gasteiger partial charge in [-0.15, -0.1) is 0 Å². The van der Waals surface area contributed by atoms with E-state index in [4.69, 9.17) is 4.55 Å². The molecule has 1 rings (SSSR count). The van der Waals surface area contributed by atoms with Crippen molar-refractivity contribution in [2.45, 2.75) is 19.3 Å². The second-order valence-electron chi connectivity index (χ2n) is 4.97. The molecule has 0 unspecified atom stereocenters. The molecule has 0 fully saturated rings. The van der Waals surface area contributed by atoms with Crippen LogP contribution < -0.4 is 5.32 Å². The van der Waals surface area contributed by atoms with Gasteiger partial charge in [0.2, 0.25) is 0 Å². The zero-order chi connectivity index (χ0) is 19.0. The first-order valence-corrected chi connectivity index (χ1v) is 12.0. The molecule has 1 aromatic rings. The van der Waals surface area contributed by atoms with E-state index in [2.05, 4.69) is 77.8 Å². The highest BCUT2D eigenvalue weighted by Crippen LogP contribution is 2.22. The molecule has 0 aliphatic heterocycles. The van der Waals surface area contributed by atoms with E-state index in [1.165, 1.54) is 0 Å². The van der Waals surface area contributed by atoms with Crippen LogP contribution in [0.5, 0.6) is 0 Å². The van der Waals surface area contributed by atoms with Gasteiger partial charge < -0.3 is 10.1 Å². The Bertz CT molecular complexity index is 738. The first kappa shape index (κ1) is 23.3. The Labute approximate surface area is 187 Å². The van der Waals surface area contributed by atoms with Crippen LogP contribution in [0.2, 0.25) is 0 Å². The van der Waals surface area contributed by atoms with Crippen molar-refractivity contribution in [1.82, 2.24) is 5.32 Å². The summed E-state index contributed by atoms with van der Waals surface area (Å²) in [6.45, 7) is 0.0629. The molecule has 1 amide bonds. The van der Waals surface area contributed by atoms with Crippen molar-refractivity contribution in [2.24, 2.45) is 0 Å². The smallest absolute Gasteiger partial charge is 0.305 e. The van der Waals surface area contributed by atoms with Gasteiger partial charge in [-0.2, -0.15) is 8.42 Å². The van der Waals surface area contributed by atoms with E-state index in [0.717, 1.165) is 10.7 Å². The summed E-state index contributed by atoms with van der Waals surface area (Å²) in [7, 11) is -4.12. The van der Waals surface area contributed by atoms with Crippen LogP contribution in [0.4, 0.5) is 0 Å². The maximum atomic E-state index is 12.2. The lowest BCUT2D eigenvalue weighted by atomic mass is 10.2. The quantitative estimate of drug-likeness (QED) is 0.135. The van der Waals surface area contributed by atoms with E-state index in [1.54, 1.807) is 0 Å². The van der Waals surface area contributed by atoms with E-state index in [9.17, 15) is 18.0 Å². The first-order valence-electron chi connectivity index (χ1n) is 7.13. The number of hydrogen-bond acceptors (Lipinski definition) is 5. The molecule has 2 N–H and O–H groups in total. The normalized spacial score (nSPS) is 11.2. The van der Waals surface area contributed by atoms with Crippen LogP contribution >= 0.6 is 67.8 Å². The number of esters is 1. The van der Waals surface area contributed by atoms with Gasteiger partial charge in [0.15, 0.2) is 0 Å². The van der Waals surface area contributed by atoms with Gasteiger partial charge >= 0.3 is 5.97 Å². The van der Waals surface area contributed by atoms with Crippen molar-refractivity contribution in [3.8, 4) is 0 Å². The standard InChI is InChI=1S/C14H16I3NO6S/c15-9-7-10(13(17)11(16)8-9)14(20)18-4-2-1-3-12(19)24-5-6-25(21,22)23/h7-8H,1-6H2,(H,18,20)(H,21,22,23). The van der Waals surface area contributed by atoms with Gasteiger partial charge in [-0.3, -0.25) is 14.1 Å². The molecule has 0 spiro atoms. The lowest BCUT2D eigenvalue weighted by Crippen LogP contribution is -2.25. The fourth-order valence-electron chi connectivity index (χ4n) is 1.75. The Hall–Kier alpha value is 0.260. The molecule has 0 radical (unpaired) electrons. The summed E-state index contributed by atoms with van der Waals surface area (Å²) >= 11 is 6.49. The van der Waals surface area contributed by atoms with Crippen LogP contribution in [0.25, 0.3) is 0 Å². The molecule has 0 saturated carbocycles. The number of hydrogen-bond donors (Lipinski definition) is 2. The number of unbranched alkanes of at least 4 members (excludes halogenated alkanes) is 1. The largest absolute Gasteiger partial charge is 0.464 e. The average molecular weight is 707 g/mol. The second kappa shape index (κ2) is 11.2. The van der Waals surface area contributed by atoms with Gasteiger partial charge in [0.05, 0.1) is 5.56 Å². The van der Waals surface area contributed by atoms with E-state index in [-0.39, 0.29) is 18.9 Å². The summed E-state index contributed by atoms with van der Waals surface area (Å²) < 4.78 is 37.1. The summed E-state index contributed by atoms with van der Waals surface area (Å²) in [5.74, 6) is -1.30. The number of carbonyl (C=O) groups is 2. The number of ether oxygens (including phenoxy) is 1. The Kier molecular flexibility index (Phi) is 10.4. The molecule has 0 atom stereocenters. The number of nitrogens with one attached hydrogen (secondary N) is 1. The van der Waals surface area contributed by atoms with Gasteiger partial charge in [0.1, 0.15) is 12.4 Å². The van der Waals surface area contributed by atoms with Crippen molar-refractivity contribution >= 4 is 89.8 Å². The summed E-state index contributed by atoms with van der Waals surface area (Å²) in [6, 6.07) is 3.82. The van der Waals surface area contributed by atoms with Gasteiger partial charge in [-0.25, -0.2) is 0 Å². The monoisotopic (exact) mass is 707 g/mol. The lowest BCUT2D eigenvalue weighted by Gasteiger charge is -2.09. The summed E-state index contributed by atoms with van der Waals surface area (Å²) in [6.07, 6.45) is 1.22. The molecule has 1 aromatic carbocycles. The Morgan fingerprint density at radius 1 is 1.16 bits per heavy atom. The minimum atomic E-state index is -4.12. The summed E-state index contributed by atoms with van der Waals surface area (Å²) in [4.78, 5) is 23.6. The van der Waals surface area contributed by atoms with Crippen molar-refractivity contribution < 1.29 is 27.3 Å². The molecule has 140 valence electrons. The number of benzene rings is 1. The SMILES string of the molecule is O=C(CCCCNC(=O)c1cc(I)cc(I)c1I)OCCS(=O)(=O)O. The van der Waals surface area contributed by atoms with Crippen LogP contribution in [0.1, 0.15) is 29.6 Å². The Morgan fingerprint density at radius 3 is 2.48 bits per heavy atom.